The fraction of sp³-hybridized carbons (Fsp3) is 0.357. The quantitative estimate of drug-likeness (QED) is 0.801. The van der Waals surface area contributed by atoms with Crippen molar-refractivity contribution in [3.63, 3.8) is 0 Å². The van der Waals surface area contributed by atoms with Gasteiger partial charge in [0.25, 0.3) is 17.8 Å². The third-order valence-corrected chi connectivity index (χ3v) is 4.31. The highest BCUT2D eigenvalue weighted by Gasteiger charge is 2.51. The Bertz CT molecular complexity index is 679. The Morgan fingerprint density at radius 3 is 2.68 bits per heavy atom. The maximum Gasteiger partial charge on any atom is 0.265 e. The van der Waals surface area contributed by atoms with E-state index >= 15 is 0 Å². The Morgan fingerprint density at radius 2 is 2.09 bits per heavy atom. The molecule has 1 atom stereocenters. The third kappa shape index (κ3) is 2.78. The molecule has 1 unspecified atom stereocenters. The van der Waals surface area contributed by atoms with Crippen molar-refractivity contribution in [1.29, 1.82) is 0 Å². The van der Waals surface area contributed by atoms with E-state index in [9.17, 15) is 9.59 Å². The van der Waals surface area contributed by atoms with E-state index in [1.807, 2.05) is 24.3 Å². The molecule has 1 heterocycles. The molecule has 0 bridgehead atoms. The van der Waals surface area contributed by atoms with E-state index in [1.54, 1.807) is 6.92 Å². The van der Waals surface area contributed by atoms with Crippen LogP contribution in [0.2, 0.25) is 0 Å². The number of hydrogen-bond donors (Lipinski definition) is 2. The second-order valence-electron chi connectivity index (χ2n) is 5.35. The number of nitrogens with zero attached hydrogens (tertiary/aromatic N) is 3. The number of halogens is 1. The molecule has 1 aliphatic carbocycles. The SMILES string of the molecule is CC1N=NC(=NNC(=O)C2(c3ccc(Br)cc3)CC2)NC1=O. The summed E-state index contributed by atoms with van der Waals surface area (Å²) in [5, 5.41) is 13.8. The molecule has 1 aromatic carbocycles. The van der Waals surface area contributed by atoms with Crippen molar-refractivity contribution >= 4 is 33.7 Å². The van der Waals surface area contributed by atoms with Crippen LogP contribution in [-0.2, 0) is 15.0 Å². The number of azo groups is 1. The molecule has 8 heteroatoms. The molecule has 7 nitrogen and oxygen atoms in total. The summed E-state index contributed by atoms with van der Waals surface area (Å²) in [5.41, 5.74) is 2.89. The summed E-state index contributed by atoms with van der Waals surface area (Å²) >= 11 is 3.38. The summed E-state index contributed by atoms with van der Waals surface area (Å²) in [7, 11) is 0. The van der Waals surface area contributed by atoms with Gasteiger partial charge in [0.2, 0.25) is 0 Å². The molecule has 1 saturated carbocycles. The number of nitrogens with one attached hydrogen (secondary N) is 2. The predicted molar refractivity (Wildman–Crippen MR) is 83.1 cm³/mol. The number of benzene rings is 1. The third-order valence-electron chi connectivity index (χ3n) is 3.78. The molecule has 0 aromatic heterocycles. The van der Waals surface area contributed by atoms with Gasteiger partial charge in [0.05, 0.1) is 5.41 Å². The smallest absolute Gasteiger partial charge is 0.265 e. The second kappa shape index (κ2) is 5.60. The van der Waals surface area contributed by atoms with Gasteiger partial charge in [0, 0.05) is 4.47 Å². The summed E-state index contributed by atoms with van der Waals surface area (Å²) in [5.74, 6) is -0.495. The minimum Gasteiger partial charge on any atom is -0.290 e. The average Bonchev–Trinajstić information content (AvgIpc) is 3.30. The topological polar surface area (TPSA) is 95.3 Å². The highest BCUT2D eigenvalue weighted by molar-refractivity contribution is 9.10. The van der Waals surface area contributed by atoms with Crippen molar-refractivity contribution in [2.45, 2.75) is 31.2 Å². The van der Waals surface area contributed by atoms with Gasteiger partial charge in [-0.3, -0.25) is 14.9 Å². The number of carbonyl (C=O) groups is 2. The molecular formula is C14H14BrN5O2. The van der Waals surface area contributed by atoms with Gasteiger partial charge in [-0.2, -0.15) is 5.11 Å². The Balaban J connectivity index is 1.71. The zero-order valence-electron chi connectivity index (χ0n) is 11.8. The average molecular weight is 364 g/mol. The number of guanidine groups is 1. The van der Waals surface area contributed by atoms with Crippen LogP contribution in [0.5, 0.6) is 0 Å². The Kier molecular flexibility index (Phi) is 3.78. The maximum atomic E-state index is 12.4. The van der Waals surface area contributed by atoms with Crippen LogP contribution in [0.4, 0.5) is 0 Å². The summed E-state index contributed by atoms with van der Waals surface area (Å²) in [6.07, 6.45) is 1.55. The maximum absolute atomic E-state index is 12.4. The first kappa shape index (κ1) is 14.8. The molecule has 1 fully saturated rings. The number of hydrogen-bond acceptors (Lipinski definition) is 4. The molecule has 0 radical (unpaired) electrons. The van der Waals surface area contributed by atoms with E-state index < -0.39 is 11.5 Å². The molecule has 1 aliphatic heterocycles. The van der Waals surface area contributed by atoms with Gasteiger partial charge in [0.15, 0.2) is 0 Å². The van der Waals surface area contributed by atoms with Crippen LogP contribution in [0.3, 0.4) is 0 Å². The molecule has 2 amide bonds. The van der Waals surface area contributed by atoms with Crippen molar-refractivity contribution in [3.8, 4) is 0 Å². The highest BCUT2D eigenvalue weighted by Crippen LogP contribution is 2.48. The molecule has 2 N–H and O–H groups in total. The van der Waals surface area contributed by atoms with Crippen LogP contribution in [0.25, 0.3) is 0 Å². The van der Waals surface area contributed by atoms with Gasteiger partial charge in [-0.1, -0.05) is 28.1 Å². The first-order valence-corrected chi connectivity index (χ1v) is 7.66. The number of rotatable bonds is 3. The molecule has 0 spiro atoms. The van der Waals surface area contributed by atoms with Crippen molar-refractivity contribution in [2.75, 3.05) is 0 Å². The first-order valence-electron chi connectivity index (χ1n) is 6.87. The minimum absolute atomic E-state index is 0.00283. The Hall–Kier alpha value is -2.09. The van der Waals surface area contributed by atoms with Gasteiger partial charge < -0.3 is 0 Å². The van der Waals surface area contributed by atoms with Gasteiger partial charge in [0.1, 0.15) is 6.04 Å². The zero-order chi connectivity index (χ0) is 15.7. The lowest BCUT2D eigenvalue weighted by Gasteiger charge is -2.15. The van der Waals surface area contributed by atoms with Crippen molar-refractivity contribution < 1.29 is 9.59 Å². The van der Waals surface area contributed by atoms with E-state index in [0.717, 1.165) is 22.9 Å². The number of hydrazone groups is 1. The van der Waals surface area contributed by atoms with Crippen LogP contribution in [0.15, 0.2) is 44.1 Å². The standard InChI is InChI=1S/C14H14BrN5O2/c1-8-11(21)16-13(19-17-8)20-18-12(22)14(6-7-14)9-2-4-10(15)5-3-9/h2-5,8H,6-7H2,1H3,(H,18,22)(H,16,20,21). The van der Waals surface area contributed by atoms with Crippen LogP contribution in [0.1, 0.15) is 25.3 Å². The summed E-state index contributed by atoms with van der Waals surface area (Å²) in [6, 6.07) is 7.13. The zero-order valence-corrected chi connectivity index (χ0v) is 13.4. The van der Waals surface area contributed by atoms with Crippen LogP contribution < -0.4 is 10.7 Å². The predicted octanol–water partition coefficient (Wildman–Crippen LogP) is 1.84. The van der Waals surface area contributed by atoms with Gasteiger partial charge in [-0.15, -0.1) is 10.2 Å². The first-order chi connectivity index (χ1) is 10.5. The number of carbonyl (C=O) groups excluding carboxylic acids is 2. The minimum atomic E-state index is -0.535. The molecule has 1 aromatic rings. The molecule has 3 rings (SSSR count). The Labute approximate surface area is 135 Å². The largest absolute Gasteiger partial charge is 0.290 e. The van der Waals surface area contributed by atoms with Gasteiger partial charge >= 0.3 is 0 Å². The lowest BCUT2D eigenvalue weighted by atomic mass is 9.95. The molecular weight excluding hydrogens is 350 g/mol. The lowest BCUT2D eigenvalue weighted by molar-refractivity contribution is -0.124. The lowest BCUT2D eigenvalue weighted by Crippen LogP contribution is -2.41. The number of amides is 2. The Morgan fingerprint density at radius 1 is 1.41 bits per heavy atom. The fourth-order valence-corrected chi connectivity index (χ4v) is 2.50. The van der Waals surface area contributed by atoms with E-state index in [4.69, 9.17) is 0 Å². The van der Waals surface area contributed by atoms with Crippen molar-refractivity contribution in [1.82, 2.24) is 10.7 Å². The molecule has 114 valence electrons. The normalized spacial score (nSPS) is 24.0. The molecule has 22 heavy (non-hydrogen) atoms. The summed E-state index contributed by atoms with van der Waals surface area (Å²) in [6.45, 7) is 1.63. The monoisotopic (exact) mass is 363 g/mol. The van der Waals surface area contributed by atoms with Gasteiger partial charge in [-0.25, -0.2) is 5.43 Å². The van der Waals surface area contributed by atoms with Crippen LogP contribution in [-0.4, -0.2) is 23.8 Å². The van der Waals surface area contributed by atoms with Crippen LogP contribution >= 0.6 is 15.9 Å². The highest BCUT2D eigenvalue weighted by atomic mass is 79.9. The summed E-state index contributed by atoms with van der Waals surface area (Å²) < 4.78 is 0.965. The van der Waals surface area contributed by atoms with E-state index in [0.29, 0.717) is 0 Å². The fourth-order valence-electron chi connectivity index (χ4n) is 2.24. The molecule has 2 aliphatic rings. The molecule has 0 saturated heterocycles. The summed E-state index contributed by atoms with van der Waals surface area (Å²) in [4.78, 5) is 23.8. The van der Waals surface area contributed by atoms with Crippen molar-refractivity contribution in [3.05, 3.63) is 34.3 Å². The van der Waals surface area contributed by atoms with Crippen LogP contribution in [0, 0.1) is 0 Å². The van der Waals surface area contributed by atoms with E-state index in [2.05, 4.69) is 42.0 Å². The second-order valence-corrected chi connectivity index (χ2v) is 6.26. The van der Waals surface area contributed by atoms with Gasteiger partial charge in [-0.05, 0) is 37.5 Å². The van der Waals surface area contributed by atoms with Crippen molar-refractivity contribution in [2.24, 2.45) is 15.3 Å². The van der Waals surface area contributed by atoms with E-state index in [1.165, 1.54) is 0 Å². The van der Waals surface area contributed by atoms with E-state index in [-0.39, 0.29) is 17.8 Å².